The van der Waals surface area contributed by atoms with Crippen LogP contribution in [0.3, 0.4) is 0 Å². The van der Waals surface area contributed by atoms with E-state index in [9.17, 15) is 4.79 Å². The largest absolute Gasteiger partial charge is 0.338 e. The van der Waals surface area contributed by atoms with Crippen molar-refractivity contribution in [2.24, 2.45) is 0 Å². The van der Waals surface area contributed by atoms with Crippen LogP contribution in [0.5, 0.6) is 0 Å². The van der Waals surface area contributed by atoms with Crippen LogP contribution in [0.2, 0.25) is 15.1 Å². The van der Waals surface area contributed by atoms with E-state index in [-0.39, 0.29) is 5.91 Å². The first-order chi connectivity index (χ1) is 14.0. The number of aromatic nitrogens is 2. The number of hydrogen-bond acceptors (Lipinski definition) is 5. The predicted octanol–water partition coefficient (Wildman–Crippen LogP) is 4.65. The Morgan fingerprint density at radius 1 is 1.00 bits per heavy atom. The van der Waals surface area contributed by atoms with Gasteiger partial charge in [-0.05, 0) is 36.4 Å². The Morgan fingerprint density at radius 2 is 1.72 bits per heavy atom. The maximum atomic E-state index is 12.7. The number of hydrogen-bond donors (Lipinski definition) is 0. The summed E-state index contributed by atoms with van der Waals surface area (Å²) in [6, 6.07) is 12.4. The number of carbonyl (C=O) groups is 1. The van der Waals surface area contributed by atoms with Gasteiger partial charge in [0, 0.05) is 36.8 Å². The fourth-order valence-corrected chi connectivity index (χ4v) is 3.68. The summed E-state index contributed by atoms with van der Waals surface area (Å²) in [6.45, 7) is 3.09. The monoisotopic (exact) mass is 450 g/mol. The fourth-order valence-electron chi connectivity index (χ4n) is 3.17. The van der Waals surface area contributed by atoms with Crippen molar-refractivity contribution < 1.29 is 9.32 Å². The molecule has 3 aromatic rings. The zero-order chi connectivity index (χ0) is 20.4. The summed E-state index contributed by atoms with van der Waals surface area (Å²) in [5.74, 6) is 0.952. The molecule has 1 aliphatic heterocycles. The van der Waals surface area contributed by atoms with Gasteiger partial charge in [-0.3, -0.25) is 9.69 Å². The molecule has 4 rings (SSSR count). The molecule has 1 aliphatic rings. The molecule has 0 saturated carbocycles. The lowest BCUT2D eigenvalue weighted by Crippen LogP contribution is -2.48. The second-order valence-corrected chi connectivity index (χ2v) is 7.91. The zero-order valence-electron chi connectivity index (χ0n) is 15.3. The Bertz CT molecular complexity index is 1010. The Kier molecular flexibility index (Phi) is 6.06. The third-order valence-corrected chi connectivity index (χ3v) is 5.84. The van der Waals surface area contributed by atoms with E-state index in [4.69, 9.17) is 39.3 Å². The molecule has 0 aliphatic carbocycles. The van der Waals surface area contributed by atoms with Crippen LogP contribution in [0, 0.1) is 0 Å². The first-order valence-corrected chi connectivity index (χ1v) is 10.2. The van der Waals surface area contributed by atoms with Crippen molar-refractivity contribution in [1.29, 1.82) is 0 Å². The van der Waals surface area contributed by atoms with Gasteiger partial charge < -0.3 is 9.42 Å². The van der Waals surface area contributed by atoms with Gasteiger partial charge in [-0.1, -0.05) is 46.0 Å². The molecule has 2 aromatic carbocycles. The van der Waals surface area contributed by atoms with Crippen LogP contribution in [0.15, 0.2) is 47.0 Å². The number of rotatable bonds is 4. The molecule has 1 saturated heterocycles. The maximum Gasteiger partial charge on any atom is 0.255 e. The summed E-state index contributed by atoms with van der Waals surface area (Å²) in [5, 5.41) is 5.36. The highest BCUT2D eigenvalue weighted by Gasteiger charge is 2.25. The fraction of sp³-hybridized carbons (Fsp3) is 0.250. The molecule has 150 valence electrons. The molecule has 9 heteroatoms. The topological polar surface area (TPSA) is 62.5 Å². The minimum atomic E-state index is -0.111. The molecular formula is C20H17Cl3N4O2. The van der Waals surface area contributed by atoms with Crippen LogP contribution >= 0.6 is 34.8 Å². The number of halogens is 3. The van der Waals surface area contributed by atoms with E-state index in [1.807, 2.05) is 12.1 Å². The second-order valence-electron chi connectivity index (χ2n) is 6.69. The number of nitrogens with zero attached hydrogens (tertiary/aromatic N) is 4. The number of amides is 1. The lowest BCUT2D eigenvalue weighted by atomic mass is 10.1. The van der Waals surface area contributed by atoms with Gasteiger partial charge in [-0.25, -0.2) is 0 Å². The molecule has 29 heavy (non-hydrogen) atoms. The van der Waals surface area contributed by atoms with E-state index in [1.54, 1.807) is 35.2 Å². The second kappa shape index (κ2) is 8.71. The predicted molar refractivity (Wildman–Crippen MR) is 112 cm³/mol. The van der Waals surface area contributed by atoms with E-state index in [0.717, 1.165) is 5.56 Å². The van der Waals surface area contributed by atoms with Gasteiger partial charge in [0.1, 0.15) is 0 Å². The molecule has 6 nitrogen and oxygen atoms in total. The van der Waals surface area contributed by atoms with Gasteiger partial charge in [-0.15, -0.1) is 0 Å². The summed E-state index contributed by atoms with van der Waals surface area (Å²) in [5.41, 5.74) is 1.27. The van der Waals surface area contributed by atoms with Crippen LogP contribution in [-0.4, -0.2) is 52.0 Å². The molecule has 1 aromatic heterocycles. The maximum absolute atomic E-state index is 12.7. The standard InChI is InChI=1S/C20H17Cl3N4O2/c21-14-6-4-13(5-7-14)19-24-17(29-25-19)12-26-8-10-27(11-9-26)20(28)15-2-1-3-16(22)18(15)23/h1-7H,8-12H2. The Labute approximate surface area is 183 Å². The van der Waals surface area contributed by atoms with E-state index < -0.39 is 0 Å². The van der Waals surface area contributed by atoms with Crippen molar-refractivity contribution in [3.8, 4) is 11.4 Å². The minimum Gasteiger partial charge on any atom is -0.338 e. The highest BCUT2D eigenvalue weighted by molar-refractivity contribution is 6.43. The van der Waals surface area contributed by atoms with E-state index in [0.29, 0.717) is 65.1 Å². The summed E-state index contributed by atoms with van der Waals surface area (Å²) in [6.07, 6.45) is 0. The Hall–Kier alpha value is -2.12. The average Bonchev–Trinajstić information content (AvgIpc) is 3.19. The number of carbonyl (C=O) groups excluding carboxylic acids is 1. The van der Waals surface area contributed by atoms with E-state index >= 15 is 0 Å². The van der Waals surface area contributed by atoms with Crippen LogP contribution in [0.25, 0.3) is 11.4 Å². The van der Waals surface area contributed by atoms with E-state index in [2.05, 4.69) is 15.0 Å². The van der Waals surface area contributed by atoms with Gasteiger partial charge >= 0.3 is 0 Å². The van der Waals surface area contributed by atoms with Gasteiger partial charge in [0.05, 0.1) is 22.2 Å². The van der Waals surface area contributed by atoms with Crippen molar-refractivity contribution in [1.82, 2.24) is 19.9 Å². The quantitative estimate of drug-likeness (QED) is 0.577. The SMILES string of the molecule is O=C(c1cccc(Cl)c1Cl)N1CCN(Cc2nc(-c3ccc(Cl)cc3)no2)CC1. The summed E-state index contributed by atoms with van der Waals surface area (Å²) < 4.78 is 5.38. The molecule has 1 amide bonds. The van der Waals surface area contributed by atoms with Crippen LogP contribution in [-0.2, 0) is 6.54 Å². The van der Waals surface area contributed by atoms with Gasteiger partial charge in [0.2, 0.25) is 11.7 Å². The first kappa shape index (κ1) is 20.2. The molecular weight excluding hydrogens is 435 g/mol. The molecule has 1 fully saturated rings. The van der Waals surface area contributed by atoms with Crippen molar-refractivity contribution in [2.45, 2.75) is 6.54 Å². The van der Waals surface area contributed by atoms with Crippen molar-refractivity contribution >= 4 is 40.7 Å². The van der Waals surface area contributed by atoms with Crippen molar-refractivity contribution in [3.63, 3.8) is 0 Å². The third-order valence-electron chi connectivity index (χ3n) is 4.77. The Morgan fingerprint density at radius 3 is 2.45 bits per heavy atom. The average molecular weight is 452 g/mol. The normalized spacial score (nSPS) is 14.9. The van der Waals surface area contributed by atoms with E-state index in [1.165, 1.54) is 0 Å². The highest BCUT2D eigenvalue weighted by atomic mass is 35.5. The van der Waals surface area contributed by atoms with Crippen molar-refractivity contribution in [3.05, 3.63) is 69.0 Å². The molecule has 0 bridgehead atoms. The number of benzene rings is 2. The molecule has 0 atom stereocenters. The summed E-state index contributed by atoms with van der Waals surface area (Å²) in [7, 11) is 0. The minimum absolute atomic E-state index is 0.111. The smallest absolute Gasteiger partial charge is 0.255 e. The van der Waals surface area contributed by atoms with Crippen LogP contribution in [0.4, 0.5) is 0 Å². The summed E-state index contributed by atoms with van der Waals surface area (Å²) >= 11 is 18.1. The van der Waals surface area contributed by atoms with Crippen LogP contribution in [0.1, 0.15) is 16.2 Å². The number of piperazine rings is 1. The third kappa shape index (κ3) is 4.56. The van der Waals surface area contributed by atoms with Crippen molar-refractivity contribution in [2.75, 3.05) is 26.2 Å². The van der Waals surface area contributed by atoms with Gasteiger partial charge in [0.25, 0.3) is 5.91 Å². The summed E-state index contributed by atoms with van der Waals surface area (Å²) in [4.78, 5) is 21.1. The molecule has 0 radical (unpaired) electrons. The molecule has 0 unspecified atom stereocenters. The molecule has 0 N–H and O–H groups in total. The Balaban J connectivity index is 1.35. The molecule has 0 spiro atoms. The lowest BCUT2D eigenvalue weighted by Gasteiger charge is -2.34. The first-order valence-electron chi connectivity index (χ1n) is 9.05. The zero-order valence-corrected chi connectivity index (χ0v) is 17.6. The van der Waals surface area contributed by atoms with Crippen LogP contribution < -0.4 is 0 Å². The highest BCUT2D eigenvalue weighted by Crippen LogP contribution is 2.27. The lowest BCUT2D eigenvalue weighted by molar-refractivity contribution is 0.0615. The van der Waals surface area contributed by atoms with Gasteiger partial charge in [0.15, 0.2) is 0 Å². The van der Waals surface area contributed by atoms with Gasteiger partial charge in [-0.2, -0.15) is 4.98 Å². The molecule has 2 heterocycles.